The van der Waals surface area contributed by atoms with Gasteiger partial charge in [-0.2, -0.15) is 0 Å². The lowest BCUT2D eigenvalue weighted by molar-refractivity contribution is -0.128. The third-order valence-corrected chi connectivity index (χ3v) is 3.89. The highest BCUT2D eigenvalue weighted by atomic mass is 32.1. The van der Waals surface area contributed by atoms with Crippen molar-refractivity contribution in [2.75, 3.05) is 0 Å². The molecule has 1 aromatic carbocycles. The quantitative estimate of drug-likeness (QED) is 0.850. The van der Waals surface area contributed by atoms with E-state index in [2.05, 4.69) is 10.9 Å². The van der Waals surface area contributed by atoms with Gasteiger partial charge in [0.25, 0.3) is 11.8 Å². The Bertz CT molecular complexity index is 687. The first-order valence-electron chi connectivity index (χ1n) is 6.54. The van der Waals surface area contributed by atoms with E-state index >= 15 is 0 Å². The Kier molecular flexibility index (Phi) is 5.11. The number of rotatable bonds is 4. The molecule has 2 amide bonds. The molecule has 0 fully saturated rings. The summed E-state index contributed by atoms with van der Waals surface area (Å²) in [7, 11) is 0. The summed E-state index contributed by atoms with van der Waals surface area (Å²) in [5.41, 5.74) is 5.39. The monoisotopic (exact) mass is 322 g/mol. The van der Waals surface area contributed by atoms with Gasteiger partial charge in [0.05, 0.1) is 4.88 Å². The third kappa shape index (κ3) is 3.82. The highest BCUT2D eigenvalue weighted by Gasteiger charge is 2.18. The third-order valence-electron chi connectivity index (χ3n) is 2.88. The molecule has 0 radical (unpaired) electrons. The molecule has 22 heavy (non-hydrogen) atoms. The minimum atomic E-state index is -0.957. The zero-order valence-electron chi connectivity index (χ0n) is 12.1. The van der Waals surface area contributed by atoms with Crippen LogP contribution in [0.15, 0.2) is 35.7 Å². The maximum atomic E-state index is 13.4. The van der Waals surface area contributed by atoms with Crippen LogP contribution in [-0.4, -0.2) is 17.9 Å². The second kappa shape index (κ2) is 7.04. The van der Waals surface area contributed by atoms with Gasteiger partial charge in [-0.15, -0.1) is 11.3 Å². The molecule has 2 aromatic rings. The first kappa shape index (κ1) is 16.0. The lowest BCUT2D eigenvalue weighted by atomic mass is 10.3. The summed E-state index contributed by atoms with van der Waals surface area (Å²) < 4.78 is 18.7. The summed E-state index contributed by atoms with van der Waals surface area (Å²) in [5.74, 6) is -1.56. The van der Waals surface area contributed by atoms with Crippen LogP contribution in [0.3, 0.4) is 0 Å². The zero-order chi connectivity index (χ0) is 16.1. The molecular weight excluding hydrogens is 307 g/mol. The van der Waals surface area contributed by atoms with Crippen molar-refractivity contribution >= 4 is 23.2 Å². The van der Waals surface area contributed by atoms with Gasteiger partial charge in [-0.05, 0) is 43.0 Å². The molecular formula is C15H15FN2O3S. The number of benzene rings is 1. The first-order chi connectivity index (χ1) is 10.5. The molecule has 0 saturated carbocycles. The molecule has 1 unspecified atom stereocenters. The van der Waals surface area contributed by atoms with E-state index in [1.807, 2.05) is 6.07 Å². The molecule has 0 saturated heterocycles. The van der Waals surface area contributed by atoms with Crippen LogP contribution in [0, 0.1) is 12.7 Å². The van der Waals surface area contributed by atoms with Crippen LogP contribution >= 0.6 is 11.3 Å². The molecule has 1 atom stereocenters. The van der Waals surface area contributed by atoms with Crippen molar-refractivity contribution in [3.05, 3.63) is 52.0 Å². The molecule has 0 spiro atoms. The van der Waals surface area contributed by atoms with Gasteiger partial charge in [-0.3, -0.25) is 20.4 Å². The lowest BCUT2D eigenvalue weighted by Gasteiger charge is -2.15. The summed E-state index contributed by atoms with van der Waals surface area (Å²) in [6, 6.07) is 7.60. The van der Waals surface area contributed by atoms with Crippen LogP contribution in [0.2, 0.25) is 0 Å². The number of hydrogen-bond acceptors (Lipinski definition) is 4. The van der Waals surface area contributed by atoms with Crippen LogP contribution < -0.4 is 15.6 Å². The topological polar surface area (TPSA) is 67.4 Å². The average molecular weight is 322 g/mol. The highest BCUT2D eigenvalue weighted by Crippen LogP contribution is 2.17. The average Bonchev–Trinajstić information content (AvgIpc) is 2.93. The number of carbonyl (C=O) groups is 2. The second-order valence-corrected chi connectivity index (χ2v) is 5.48. The Balaban J connectivity index is 1.88. The molecule has 7 heteroatoms. The number of thiophene rings is 1. The number of halogens is 1. The van der Waals surface area contributed by atoms with Gasteiger partial charge >= 0.3 is 0 Å². The van der Waals surface area contributed by atoms with E-state index in [0.717, 1.165) is 5.56 Å². The maximum absolute atomic E-state index is 13.4. The van der Waals surface area contributed by atoms with E-state index in [9.17, 15) is 14.0 Å². The summed E-state index contributed by atoms with van der Waals surface area (Å²) in [5, 5.41) is 1.79. The van der Waals surface area contributed by atoms with Gasteiger partial charge in [0, 0.05) is 0 Å². The summed E-state index contributed by atoms with van der Waals surface area (Å²) in [6.07, 6.45) is -0.957. The number of amides is 2. The van der Waals surface area contributed by atoms with Gasteiger partial charge < -0.3 is 4.74 Å². The van der Waals surface area contributed by atoms with Gasteiger partial charge in [0.1, 0.15) is 0 Å². The zero-order valence-corrected chi connectivity index (χ0v) is 12.9. The molecule has 0 aliphatic rings. The van der Waals surface area contributed by atoms with Crippen LogP contribution in [0.25, 0.3) is 0 Å². The number of aryl methyl sites for hydroxylation is 1. The fraction of sp³-hybridized carbons (Fsp3) is 0.200. The van der Waals surface area contributed by atoms with E-state index in [0.29, 0.717) is 4.88 Å². The van der Waals surface area contributed by atoms with E-state index in [1.165, 1.54) is 36.5 Å². The Labute approximate surface area is 131 Å². The molecule has 1 heterocycles. The molecule has 5 nitrogen and oxygen atoms in total. The Morgan fingerprint density at radius 3 is 2.59 bits per heavy atom. The van der Waals surface area contributed by atoms with E-state index in [-0.39, 0.29) is 5.75 Å². The molecule has 0 bridgehead atoms. The predicted octanol–water partition coefficient (Wildman–Crippen LogP) is 2.42. The van der Waals surface area contributed by atoms with Crippen molar-refractivity contribution in [3.8, 4) is 5.75 Å². The molecule has 2 N–H and O–H groups in total. The van der Waals surface area contributed by atoms with E-state index in [1.54, 1.807) is 18.4 Å². The van der Waals surface area contributed by atoms with Crippen LogP contribution in [0.5, 0.6) is 5.75 Å². The van der Waals surface area contributed by atoms with Crippen molar-refractivity contribution in [2.45, 2.75) is 20.0 Å². The SMILES string of the molecule is Cc1ccsc1C(=O)NNC(=O)C(C)Oc1ccccc1F. The predicted molar refractivity (Wildman–Crippen MR) is 81.2 cm³/mol. The molecule has 2 rings (SSSR count). The van der Waals surface area contributed by atoms with Gasteiger partial charge in [-0.1, -0.05) is 12.1 Å². The minimum Gasteiger partial charge on any atom is -0.478 e. The van der Waals surface area contributed by atoms with Crippen molar-refractivity contribution in [3.63, 3.8) is 0 Å². The van der Waals surface area contributed by atoms with Crippen molar-refractivity contribution in [2.24, 2.45) is 0 Å². The maximum Gasteiger partial charge on any atom is 0.280 e. The van der Waals surface area contributed by atoms with Gasteiger partial charge in [0.2, 0.25) is 0 Å². The number of hydrogen-bond donors (Lipinski definition) is 2. The van der Waals surface area contributed by atoms with Crippen molar-refractivity contribution in [1.82, 2.24) is 10.9 Å². The molecule has 1 aromatic heterocycles. The fourth-order valence-electron chi connectivity index (χ4n) is 1.67. The van der Waals surface area contributed by atoms with Gasteiger partial charge in [0.15, 0.2) is 17.7 Å². The summed E-state index contributed by atoms with van der Waals surface area (Å²) in [4.78, 5) is 24.2. The number of carbonyl (C=O) groups excluding carboxylic acids is 2. The molecule has 0 aliphatic carbocycles. The van der Waals surface area contributed by atoms with Crippen LogP contribution in [-0.2, 0) is 4.79 Å². The van der Waals surface area contributed by atoms with Crippen molar-refractivity contribution < 1.29 is 18.7 Å². The van der Waals surface area contributed by atoms with E-state index in [4.69, 9.17) is 4.74 Å². The van der Waals surface area contributed by atoms with Gasteiger partial charge in [-0.25, -0.2) is 4.39 Å². The van der Waals surface area contributed by atoms with Crippen LogP contribution in [0.1, 0.15) is 22.2 Å². The minimum absolute atomic E-state index is 0.0226. The van der Waals surface area contributed by atoms with Crippen molar-refractivity contribution in [1.29, 1.82) is 0 Å². The summed E-state index contributed by atoms with van der Waals surface area (Å²) >= 11 is 1.28. The molecule has 0 aliphatic heterocycles. The smallest absolute Gasteiger partial charge is 0.280 e. The Morgan fingerprint density at radius 2 is 1.95 bits per heavy atom. The molecule has 116 valence electrons. The number of ether oxygens (including phenoxy) is 1. The fourth-order valence-corrected chi connectivity index (χ4v) is 2.49. The Morgan fingerprint density at radius 1 is 1.23 bits per heavy atom. The number of nitrogens with one attached hydrogen (secondary N) is 2. The number of hydrazine groups is 1. The largest absolute Gasteiger partial charge is 0.478 e. The van der Waals surface area contributed by atoms with E-state index < -0.39 is 23.7 Å². The first-order valence-corrected chi connectivity index (χ1v) is 7.42. The lowest BCUT2D eigenvalue weighted by Crippen LogP contribution is -2.47. The number of para-hydroxylation sites is 1. The van der Waals surface area contributed by atoms with Crippen LogP contribution in [0.4, 0.5) is 4.39 Å². The summed E-state index contributed by atoms with van der Waals surface area (Å²) in [6.45, 7) is 3.27. The Hall–Kier alpha value is -2.41. The standard InChI is InChI=1S/C15H15FN2O3S/c1-9-7-8-22-13(9)15(20)18-17-14(19)10(2)21-12-6-4-3-5-11(12)16/h3-8,10H,1-2H3,(H,17,19)(H,18,20). The normalized spacial score (nSPS) is 11.6. The highest BCUT2D eigenvalue weighted by molar-refractivity contribution is 7.12. The second-order valence-electron chi connectivity index (χ2n) is 4.57.